The van der Waals surface area contributed by atoms with Crippen LogP contribution in [0.25, 0.3) is 0 Å². The standard InChI is InChI=1S/C13H26N2O/c1-5-11(4)9-15-8-6-7-12(13(15)16)14-10(2)3/h10-12,14H,5-9H2,1-4H3. The smallest absolute Gasteiger partial charge is 0.239 e. The summed E-state index contributed by atoms with van der Waals surface area (Å²) >= 11 is 0. The van der Waals surface area contributed by atoms with E-state index < -0.39 is 0 Å². The van der Waals surface area contributed by atoms with Crippen LogP contribution in [0.15, 0.2) is 0 Å². The summed E-state index contributed by atoms with van der Waals surface area (Å²) in [5, 5.41) is 3.36. The van der Waals surface area contributed by atoms with Gasteiger partial charge < -0.3 is 10.2 Å². The molecular weight excluding hydrogens is 200 g/mol. The van der Waals surface area contributed by atoms with E-state index in [1.54, 1.807) is 0 Å². The van der Waals surface area contributed by atoms with Gasteiger partial charge in [0.25, 0.3) is 0 Å². The van der Waals surface area contributed by atoms with Crippen LogP contribution in [0, 0.1) is 5.92 Å². The van der Waals surface area contributed by atoms with Crippen LogP contribution in [-0.2, 0) is 4.79 Å². The summed E-state index contributed by atoms with van der Waals surface area (Å²) in [6.45, 7) is 10.5. The van der Waals surface area contributed by atoms with E-state index in [9.17, 15) is 4.79 Å². The second kappa shape index (κ2) is 6.24. The zero-order valence-electron chi connectivity index (χ0n) is 11.1. The molecule has 0 aromatic heterocycles. The summed E-state index contributed by atoms with van der Waals surface area (Å²) in [6.07, 6.45) is 3.27. The Balaban J connectivity index is 2.50. The minimum atomic E-state index is 0.0535. The van der Waals surface area contributed by atoms with Gasteiger partial charge in [-0.3, -0.25) is 4.79 Å². The van der Waals surface area contributed by atoms with E-state index >= 15 is 0 Å². The SMILES string of the molecule is CCC(C)CN1CCCC(NC(C)C)C1=O. The molecule has 94 valence electrons. The van der Waals surface area contributed by atoms with E-state index in [2.05, 4.69) is 33.0 Å². The van der Waals surface area contributed by atoms with Crippen LogP contribution < -0.4 is 5.32 Å². The Morgan fingerprint density at radius 1 is 1.44 bits per heavy atom. The maximum atomic E-state index is 12.2. The first kappa shape index (κ1) is 13.5. The number of carbonyl (C=O) groups is 1. The molecule has 1 aliphatic heterocycles. The van der Waals surface area contributed by atoms with Crippen LogP contribution in [0.2, 0.25) is 0 Å². The zero-order valence-corrected chi connectivity index (χ0v) is 11.1. The zero-order chi connectivity index (χ0) is 12.1. The normalized spacial score (nSPS) is 23.9. The van der Waals surface area contributed by atoms with Crippen molar-refractivity contribution in [1.82, 2.24) is 10.2 Å². The summed E-state index contributed by atoms with van der Waals surface area (Å²) < 4.78 is 0. The Hall–Kier alpha value is -0.570. The highest BCUT2D eigenvalue weighted by Crippen LogP contribution is 2.15. The molecule has 0 saturated carbocycles. The number of rotatable bonds is 5. The molecule has 1 N–H and O–H groups in total. The first-order valence-corrected chi connectivity index (χ1v) is 6.59. The lowest BCUT2D eigenvalue weighted by atomic mass is 10.0. The fraction of sp³-hybridized carbons (Fsp3) is 0.923. The third kappa shape index (κ3) is 3.78. The van der Waals surface area contributed by atoms with Crippen molar-refractivity contribution in [2.45, 2.75) is 59.0 Å². The second-order valence-electron chi connectivity index (χ2n) is 5.31. The molecule has 1 heterocycles. The molecule has 0 aliphatic carbocycles. The van der Waals surface area contributed by atoms with Gasteiger partial charge in [0.05, 0.1) is 6.04 Å². The van der Waals surface area contributed by atoms with Crippen molar-refractivity contribution in [3.05, 3.63) is 0 Å². The van der Waals surface area contributed by atoms with Gasteiger partial charge in [-0.2, -0.15) is 0 Å². The molecule has 1 amide bonds. The average molecular weight is 226 g/mol. The summed E-state index contributed by atoms with van der Waals surface area (Å²) in [7, 11) is 0. The topological polar surface area (TPSA) is 32.3 Å². The van der Waals surface area contributed by atoms with Crippen molar-refractivity contribution in [2.75, 3.05) is 13.1 Å². The van der Waals surface area contributed by atoms with Gasteiger partial charge in [0.1, 0.15) is 0 Å². The van der Waals surface area contributed by atoms with E-state index in [0.29, 0.717) is 17.9 Å². The highest BCUT2D eigenvalue weighted by molar-refractivity contribution is 5.82. The van der Waals surface area contributed by atoms with Crippen LogP contribution >= 0.6 is 0 Å². The Bertz CT molecular complexity index is 228. The minimum Gasteiger partial charge on any atom is -0.341 e. The van der Waals surface area contributed by atoms with E-state index in [4.69, 9.17) is 0 Å². The number of hydrogen-bond acceptors (Lipinski definition) is 2. The van der Waals surface area contributed by atoms with Crippen LogP contribution in [0.5, 0.6) is 0 Å². The number of hydrogen-bond donors (Lipinski definition) is 1. The van der Waals surface area contributed by atoms with Crippen molar-refractivity contribution >= 4 is 5.91 Å². The monoisotopic (exact) mass is 226 g/mol. The Morgan fingerprint density at radius 2 is 2.12 bits per heavy atom. The largest absolute Gasteiger partial charge is 0.341 e. The molecule has 0 spiro atoms. The number of nitrogens with zero attached hydrogens (tertiary/aromatic N) is 1. The van der Waals surface area contributed by atoms with E-state index in [-0.39, 0.29) is 6.04 Å². The molecule has 0 radical (unpaired) electrons. The molecule has 2 unspecified atom stereocenters. The Kier molecular flexibility index (Phi) is 5.26. The van der Waals surface area contributed by atoms with Gasteiger partial charge in [-0.25, -0.2) is 0 Å². The molecular formula is C13H26N2O. The first-order valence-electron chi connectivity index (χ1n) is 6.59. The van der Waals surface area contributed by atoms with E-state index in [0.717, 1.165) is 32.4 Å². The molecule has 16 heavy (non-hydrogen) atoms. The average Bonchev–Trinajstić information content (AvgIpc) is 2.23. The second-order valence-corrected chi connectivity index (χ2v) is 5.31. The summed E-state index contributed by atoms with van der Waals surface area (Å²) in [5.74, 6) is 0.919. The predicted octanol–water partition coefficient (Wildman–Crippen LogP) is 2.02. The van der Waals surface area contributed by atoms with Gasteiger partial charge in [0.15, 0.2) is 0 Å². The molecule has 3 nitrogen and oxygen atoms in total. The van der Waals surface area contributed by atoms with Crippen molar-refractivity contribution in [3.63, 3.8) is 0 Å². The van der Waals surface area contributed by atoms with Crippen molar-refractivity contribution in [1.29, 1.82) is 0 Å². The lowest BCUT2D eigenvalue weighted by Gasteiger charge is -2.35. The van der Waals surface area contributed by atoms with Gasteiger partial charge >= 0.3 is 0 Å². The third-order valence-electron chi connectivity index (χ3n) is 3.29. The van der Waals surface area contributed by atoms with Gasteiger partial charge in [0, 0.05) is 19.1 Å². The molecule has 3 heteroatoms. The summed E-state index contributed by atoms with van der Waals surface area (Å²) in [5.41, 5.74) is 0. The van der Waals surface area contributed by atoms with Crippen molar-refractivity contribution in [3.8, 4) is 0 Å². The number of piperidine rings is 1. The molecule has 0 aromatic rings. The third-order valence-corrected chi connectivity index (χ3v) is 3.29. The molecule has 0 bridgehead atoms. The number of likely N-dealkylation sites (tertiary alicyclic amines) is 1. The number of amides is 1. The van der Waals surface area contributed by atoms with E-state index in [1.807, 2.05) is 4.90 Å². The van der Waals surface area contributed by atoms with Gasteiger partial charge in [0.2, 0.25) is 5.91 Å². The molecule has 1 saturated heterocycles. The van der Waals surface area contributed by atoms with Crippen LogP contribution in [-0.4, -0.2) is 36.0 Å². The van der Waals surface area contributed by atoms with Crippen molar-refractivity contribution < 1.29 is 4.79 Å². The summed E-state index contributed by atoms with van der Waals surface area (Å²) in [6, 6.07) is 0.440. The highest BCUT2D eigenvalue weighted by Gasteiger charge is 2.29. The fourth-order valence-corrected chi connectivity index (χ4v) is 2.18. The fourth-order valence-electron chi connectivity index (χ4n) is 2.18. The predicted molar refractivity (Wildman–Crippen MR) is 67.3 cm³/mol. The quantitative estimate of drug-likeness (QED) is 0.778. The number of carbonyl (C=O) groups excluding carboxylic acids is 1. The number of nitrogens with one attached hydrogen (secondary N) is 1. The van der Waals surface area contributed by atoms with Crippen molar-refractivity contribution in [2.24, 2.45) is 5.92 Å². The first-order chi connectivity index (χ1) is 7.54. The molecule has 0 aromatic carbocycles. The molecule has 1 fully saturated rings. The Morgan fingerprint density at radius 3 is 2.69 bits per heavy atom. The van der Waals surface area contributed by atoms with E-state index in [1.165, 1.54) is 0 Å². The maximum absolute atomic E-state index is 12.2. The van der Waals surface area contributed by atoms with Crippen LogP contribution in [0.1, 0.15) is 47.0 Å². The molecule has 1 rings (SSSR count). The van der Waals surface area contributed by atoms with Crippen LogP contribution in [0.4, 0.5) is 0 Å². The molecule has 2 atom stereocenters. The Labute approximate surface area is 99.6 Å². The highest BCUT2D eigenvalue weighted by atomic mass is 16.2. The van der Waals surface area contributed by atoms with Gasteiger partial charge in [-0.1, -0.05) is 34.1 Å². The van der Waals surface area contributed by atoms with Crippen LogP contribution in [0.3, 0.4) is 0 Å². The van der Waals surface area contributed by atoms with Gasteiger partial charge in [-0.15, -0.1) is 0 Å². The van der Waals surface area contributed by atoms with Gasteiger partial charge in [-0.05, 0) is 18.8 Å². The molecule has 1 aliphatic rings. The lowest BCUT2D eigenvalue weighted by molar-refractivity contribution is -0.136. The summed E-state index contributed by atoms with van der Waals surface area (Å²) in [4.78, 5) is 14.2. The lowest BCUT2D eigenvalue weighted by Crippen LogP contribution is -2.53. The maximum Gasteiger partial charge on any atom is 0.239 e. The minimum absolute atomic E-state index is 0.0535.